The first-order valence-corrected chi connectivity index (χ1v) is 8.37. The highest BCUT2D eigenvalue weighted by Gasteiger charge is 2.43. The molecular weight excluding hydrogens is 278 g/mol. The maximum absolute atomic E-state index is 12.7. The molecule has 0 saturated carbocycles. The van der Waals surface area contributed by atoms with E-state index in [1.165, 1.54) is 10.5 Å². The summed E-state index contributed by atoms with van der Waals surface area (Å²) in [5.74, 6) is 0.796. The fourth-order valence-electron chi connectivity index (χ4n) is 2.60. The molecule has 0 aliphatic carbocycles. The van der Waals surface area contributed by atoms with Crippen molar-refractivity contribution in [2.24, 2.45) is 0 Å². The van der Waals surface area contributed by atoms with E-state index in [0.29, 0.717) is 18.8 Å². The Balaban J connectivity index is 2.34. The number of nitrogens with one attached hydrogen (secondary N) is 1. The molecule has 1 saturated heterocycles. The van der Waals surface area contributed by atoms with Gasteiger partial charge >= 0.3 is 0 Å². The lowest BCUT2D eigenvalue weighted by molar-refractivity contribution is 0.0214. The third-order valence-corrected chi connectivity index (χ3v) is 5.54. The molecule has 114 valence electrons. The maximum Gasteiger partial charge on any atom is 0.260 e. The fourth-order valence-corrected chi connectivity index (χ4v) is 4.34. The summed E-state index contributed by atoms with van der Waals surface area (Å²) >= 11 is 0. The summed E-state index contributed by atoms with van der Waals surface area (Å²) < 4.78 is 26.7. The number of rotatable bonds is 4. The van der Waals surface area contributed by atoms with Crippen molar-refractivity contribution in [1.29, 1.82) is 0 Å². The van der Waals surface area contributed by atoms with E-state index < -0.39 is 21.7 Å². The maximum atomic E-state index is 12.7. The summed E-state index contributed by atoms with van der Waals surface area (Å²) in [5, 5.41) is 10.3. The van der Waals surface area contributed by atoms with Crippen LogP contribution in [0.3, 0.4) is 0 Å². The molecule has 1 atom stereocenters. The standard InChI is InChI=1S/C13H23N3O3S/c1-9(2)12-14-8-11(15-12)20(18,19)16-7-5-6-10(16)13(3,4)17/h8-10,17H,5-7H2,1-4H3,(H,14,15). The van der Waals surface area contributed by atoms with Crippen LogP contribution >= 0.6 is 0 Å². The highest BCUT2D eigenvalue weighted by Crippen LogP contribution is 2.31. The minimum Gasteiger partial charge on any atom is -0.389 e. The van der Waals surface area contributed by atoms with Crippen molar-refractivity contribution in [3.8, 4) is 0 Å². The van der Waals surface area contributed by atoms with Crippen LogP contribution in [0.15, 0.2) is 11.2 Å². The summed E-state index contributed by atoms with van der Waals surface area (Å²) in [6.45, 7) is 7.64. The van der Waals surface area contributed by atoms with Crippen LogP contribution in [-0.2, 0) is 10.0 Å². The number of aromatic amines is 1. The molecule has 0 spiro atoms. The highest BCUT2D eigenvalue weighted by molar-refractivity contribution is 7.89. The number of aliphatic hydroxyl groups is 1. The average molecular weight is 301 g/mol. The molecule has 20 heavy (non-hydrogen) atoms. The molecule has 1 aliphatic rings. The van der Waals surface area contributed by atoms with Gasteiger partial charge in [0.05, 0.1) is 17.8 Å². The molecule has 1 aliphatic heterocycles. The molecule has 2 N–H and O–H groups in total. The van der Waals surface area contributed by atoms with E-state index >= 15 is 0 Å². The molecule has 6 nitrogen and oxygen atoms in total. The number of sulfonamides is 1. The molecule has 2 rings (SSSR count). The van der Waals surface area contributed by atoms with Gasteiger partial charge in [0.2, 0.25) is 0 Å². The largest absolute Gasteiger partial charge is 0.389 e. The smallest absolute Gasteiger partial charge is 0.260 e. The fraction of sp³-hybridized carbons (Fsp3) is 0.769. The zero-order chi connectivity index (χ0) is 15.1. The van der Waals surface area contributed by atoms with Crippen molar-refractivity contribution in [1.82, 2.24) is 14.3 Å². The summed E-state index contributed by atoms with van der Waals surface area (Å²) in [7, 11) is -3.63. The van der Waals surface area contributed by atoms with Crippen LogP contribution in [0.1, 0.15) is 52.3 Å². The number of hydrogen-bond donors (Lipinski definition) is 2. The molecule has 0 bridgehead atoms. The minimum absolute atomic E-state index is 0.109. The number of hydrogen-bond acceptors (Lipinski definition) is 4. The van der Waals surface area contributed by atoms with Crippen LogP contribution in [-0.4, -0.2) is 46.0 Å². The lowest BCUT2D eigenvalue weighted by Gasteiger charge is -2.32. The van der Waals surface area contributed by atoms with Crippen LogP contribution in [0.25, 0.3) is 0 Å². The van der Waals surface area contributed by atoms with Gasteiger partial charge in [-0.2, -0.15) is 4.31 Å². The second kappa shape index (κ2) is 5.13. The van der Waals surface area contributed by atoms with Crippen molar-refractivity contribution in [3.63, 3.8) is 0 Å². The van der Waals surface area contributed by atoms with Crippen molar-refractivity contribution < 1.29 is 13.5 Å². The number of imidazole rings is 1. The third-order valence-electron chi connectivity index (χ3n) is 3.72. The van der Waals surface area contributed by atoms with Gasteiger partial charge in [-0.25, -0.2) is 13.4 Å². The molecule has 2 heterocycles. The first-order chi connectivity index (χ1) is 9.14. The first-order valence-electron chi connectivity index (χ1n) is 6.93. The zero-order valence-electron chi connectivity index (χ0n) is 12.4. The molecule has 1 aromatic rings. The Labute approximate surface area is 120 Å². The van der Waals surface area contributed by atoms with Crippen LogP contribution in [0.5, 0.6) is 0 Å². The highest BCUT2D eigenvalue weighted by atomic mass is 32.2. The van der Waals surface area contributed by atoms with Crippen LogP contribution in [0, 0.1) is 0 Å². The Morgan fingerprint density at radius 2 is 2.15 bits per heavy atom. The van der Waals surface area contributed by atoms with Gasteiger partial charge in [0.1, 0.15) is 5.82 Å². The molecule has 0 radical (unpaired) electrons. The van der Waals surface area contributed by atoms with Crippen LogP contribution in [0.2, 0.25) is 0 Å². The zero-order valence-corrected chi connectivity index (χ0v) is 13.2. The number of nitrogens with zero attached hydrogens (tertiary/aromatic N) is 2. The van der Waals surface area contributed by atoms with Crippen LogP contribution in [0.4, 0.5) is 0 Å². The molecule has 1 fully saturated rings. The Bertz CT molecular complexity index is 572. The van der Waals surface area contributed by atoms with Gasteiger partial charge in [0.25, 0.3) is 10.0 Å². The van der Waals surface area contributed by atoms with E-state index in [1.807, 2.05) is 13.8 Å². The number of H-pyrrole nitrogens is 1. The Kier molecular flexibility index (Phi) is 3.96. The average Bonchev–Trinajstić information content (AvgIpc) is 2.98. The van der Waals surface area contributed by atoms with E-state index in [0.717, 1.165) is 6.42 Å². The second-order valence-corrected chi connectivity index (χ2v) is 8.07. The molecule has 0 amide bonds. The monoisotopic (exact) mass is 301 g/mol. The molecule has 7 heteroatoms. The SMILES string of the molecule is CC(C)c1ncc(S(=O)(=O)N2CCCC2C(C)(C)O)[nH]1. The Morgan fingerprint density at radius 1 is 1.50 bits per heavy atom. The summed E-state index contributed by atoms with van der Waals surface area (Å²) in [4.78, 5) is 7.00. The van der Waals surface area contributed by atoms with Crippen molar-refractivity contribution in [2.45, 2.75) is 63.1 Å². The topological polar surface area (TPSA) is 86.3 Å². The first kappa shape index (κ1) is 15.5. The van der Waals surface area contributed by atoms with Gasteiger partial charge in [0, 0.05) is 12.5 Å². The van der Waals surface area contributed by atoms with Crippen LogP contribution < -0.4 is 0 Å². The number of aromatic nitrogens is 2. The Morgan fingerprint density at radius 3 is 2.65 bits per heavy atom. The van der Waals surface area contributed by atoms with Gasteiger partial charge in [-0.15, -0.1) is 0 Å². The third kappa shape index (κ3) is 2.75. The molecule has 1 unspecified atom stereocenters. The molecule has 0 aromatic carbocycles. The lowest BCUT2D eigenvalue weighted by atomic mass is 9.98. The van der Waals surface area contributed by atoms with E-state index in [4.69, 9.17) is 0 Å². The summed E-state index contributed by atoms with van der Waals surface area (Å²) in [5.41, 5.74) is -1.05. The van der Waals surface area contributed by atoms with Gasteiger partial charge in [-0.05, 0) is 26.7 Å². The minimum atomic E-state index is -3.63. The van der Waals surface area contributed by atoms with Crippen molar-refractivity contribution in [3.05, 3.63) is 12.0 Å². The predicted molar refractivity (Wildman–Crippen MR) is 75.9 cm³/mol. The predicted octanol–water partition coefficient (Wildman–Crippen LogP) is 1.46. The molecular formula is C13H23N3O3S. The quantitative estimate of drug-likeness (QED) is 0.881. The van der Waals surface area contributed by atoms with Crippen molar-refractivity contribution in [2.75, 3.05) is 6.54 Å². The summed E-state index contributed by atoms with van der Waals surface area (Å²) in [6.07, 6.45) is 2.80. The van der Waals surface area contributed by atoms with Gasteiger partial charge in [-0.3, -0.25) is 0 Å². The van der Waals surface area contributed by atoms with Gasteiger partial charge in [-0.1, -0.05) is 13.8 Å². The van der Waals surface area contributed by atoms with E-state index in [1.54, 1.807) is 13.8 Å². The molecule has 1 aromatic heterocycles. The van der Waals surface area contributed by atoms with Crippen molar-refractivity contribution >= 4 is 10.0 Å². The van der Waals surface area contributed by atoms with E-state index in [9.17, 15) is 13.5 Å². The van der Waals surface area contributed by atoms with E-state index in [2.05, 4.69) is 9.97 Å². The van der Waals surface area contributed by atoms with E-state index in [-0.39, 0.29) is 10.9 Å². The van der Waals surface area contributed by atoms with Gasteiger partial charge in [0.15, 0.2) is 5.03 Å². The lowest BCUT2D eigenvalue weighted by Crippen LogP contribution is -2.48. The Hall–Kier alpha value is -0.920. The normalized spacial score (nSPS) is 21.8. The second-order valence-electron chi connectivity index (χ2n) is 6.21. The van der Waals surface area contributed by atoms with Gasteiger partial charge < -0.3 is 10.1 Å². The summed E-state index contributed by atoms with van der Waals surface area (Å²) in [6, 6.07) is -0.390.